The number of nitrogens with one attached hydrogen (secondary N) is 2. The molecule has 0 saturated heterocycles. The van der Waals surface area contributed by atoms with Crippen molar-refractivity contribution >= 4 is 41.3 Å². The van der Waals surface area contributed by atoms with Crippen molar-refractivity contribution < 1.29 is 0 Å². The van der Waals surface area contributed by atoms with E-state index in [-0.39, 0.29) is 24.0 Å². The van der Waals surface area contributed by atoms with Crippen LogP contribution >= 0.6 is 35.3 Å². The van der Waals surface area contributed by atoms with Gasteiger partial charge in [0.1, 0.15) is 0 Å². The van der Waals surface area contributed by atoms with Crippen molar-refractivity contribution in [1.82, 2.24) is 20.2 Å². The van der Waals surface area contributed by atoms with Crippen molar-refractivity contribution in [3.63, 3.8) is 0 Å². The second kappa shape index (κ2) is 10.6. The molecule has 0 bridgehead atoms. The molecule has 0 aliphatic carbocycles. The van der Waals surface area contributed by atoms with Crippen LogP contribution in [0, 0.1) is 0 Å². The fourth-order valence-corrected chi connectivity index (χ4v) is 2.76. The predicted molar refractivity (Wildman–Crippen MR) is 104 cm³/mol. The van der Waals surface area contributed by atoms with Crippen molar-refractivity contribution in [3.05, 3.63) is 40.6 Å². The summed E-state index contributed by atoms with van der Waals surface area (Å²) in [4.78, 5) is 8.79. The molecule has 2 N–H and O–H groups in total. The first-order chi connectivity index (χ1) is 10.3. The molecule has 0 aliphatic heterocycles. The highest BCUT2D eigenvalue weighted by molar-refractivity contribution is 14.0. The van der Waals surface area contributed by atoms with Gasteiger partial charge in [-0.1, -0.05) is 6.92 Å². The molecule has 0 radical (unpaired) electrons. The van der Waals surface area contributed by atoms with Gasteiger partial charge in [-0.3, -0.25) is 4.99 Å². The van der Waals surface area contributed by atoms with Crippen molar-refractivity contribution in [2.24, 2.45) is 4.99 Å². The number of guanidine groups is 1. The number of aromatic nitrogens is 2. The first-order valence-corrected chi connectivity index (χ1v) is 8.18. The fraction of sp³-hybridized carbons (Fsp3) is 0.467. The van der Waals surface area contributed by atoms with E-state index in [1.807, 2.05) is 12.1 Å². The summed E-state index contributed by atoms with van der Waals surface area (Å²) < 4.78 is 2.14. The molecule has 0 aromatic carbocycles. The van der Waals surface area contributed by atoms with Crippen LogP contribution in [0.2, 0.25) is 0 Å². The molecule has 5 nitrogen and oxygen atoms in total. The first kappa shape index (κ1) is 19.0. The van der Waals surface area contributed by atoms with E-state index in [1.165, 1.54) is 5.01 Å². The van der Waals surface area contributed by atoms with Crippen molar-refractivity contribution in [3.8, 4) is 0 Å². The van der Waals surface area contributed by atoms with Gasteiger partial charge in [-0.2, -0.15) is 0 Å². The maximum absolute atomic E-state index is 4.56. The summed E-state index contributed by atoms with van der Waals surface area (Å²) in [6.07, 6.45) is 6.06. The summed E-state index contributed by atoms with van der Waals surface area (Å²) in [6, 6.07) is 4.07. The van der Waals surface area contributed by atoms with E-state index >= 15 is 0 Å². The summed E-state index contributed by atoms with van der Waals surface area (Å²) in [7, 11) is 1.79. The van der Waals surface area contributed by atoms with Gasteiger partial charge < -0.3 is 15.2 Å². The van der Waals surface area contributed by atoms with Gasteiger partial charge in [0, 0.05) is 50.9 Å². The molecule has 7 heteroatoms. The third-order valence-corrected chi connectivity index (χ3v) is 4.17. The number of aliphatic imine (C=N–C) groups is 1. The molecule has 0 amide bonds. The molecular weight excluding hydrogens is 409 g/mol. The van der Waals surface area contributed by atoms with Crippen molar-refractivity contribution in [2.75, 3.05) is 20.1 Å². The molecule has 0 fully saturated rings. The lowest BCUT2D eigenvalue weighted by molar-refractivity contribution is 0.664. The summed E-state index contributed by atoms with van der Waals surface area (Å²) in [5.41, 5.74) is 1.16. The Bertz CT molecular complexity index is 550. The third kappa shape index (κ3) is 6.35. The van der Waals surface area contributed by atoms with E-state index < -0.39 is 0 Å². The lowest BCUT2D eigenvalue weighted by Gasteiger charge is -2.11. The van der Waals surface area contributed by atoms with Crippen LogP contribution in [0.4, 0.5) is 0 Å². The Morgan fingerprint density at radius 1 is 1.27 bits per heavy atom. The molecule has 0 spiro atoms. The molecule has 2 aromatic rings. The lowest BCUT2D eigenvalue weighted by Crippen LogP contribution is -2.39. The minimum Gasteiger partial charge on any atom is -0.356 e. The Balaban J connectivity index is 0.00000242. The zero-order valence-electron chi connectivity index (χ0n) is 13.1. The zero-order chi connectivity index (χ0) is 14.9. The minimum atomic E-state index is 0. The van der Waals surface area contributed by atoms with E-state index in [1.54, 1.807) is 18.4 Å². The average Bonchev–Trinajstić information content (AvgIpc) is 3.17. The molecule has 0 aliphatic rings. The van der Waals surface area contributed by atoms with Gasteiger partial charge in [-0.15, -0.1) is 35.3 Å². The maximum Gasteiger partial charge on any atom is 0.191 e. The molecule has 2 aromatic heterocycles. The van der Waals surface area contributed by atoms with Crippen LogP contribution in [0.3, 0.4) is 0 Å². The Morgan fingerprint density at radius 3 is 2.64 bits per heavy atom. The smallest absolute Gasteiger partial charge is 0.191 e. The van der Waals surface area contributed by atoms with Gasteiger partial charge in [0.2, 0.25) is 0 Å². The highest BCUT2D eigenvalue weighted by Gasteiger charge is 2.01. The molecular formula is C15H24IN5S. The van der Waals surface area contributed by atoms with Gasteiger partial charge in [0.25, 0.3) is 0 Å². The number of aryl methyl sites for hydroxylation is 1. The first-order valence-electron chi connectivity index (χ1n) is 7.30. The third-order valence-electron chi connectivity index (χ3n) is 3.13. The highest BCUT2D eigenvalue weighted by Crippen LogP contribution is 2.10. The summed E-state index contributed by atoms with van der Waals surface area (Å²) in [5, 5.41) is 9.98. The summed E-state index contributed by atoms with van der Waals surface area (Å²) in [5.74, 6) is 0.841. The monoisotopic (exact) mass is 433 g/mol. The van der Waals surface area contributed by atoms with Gasteiger partial charge >= 0.3 is 0 Å². The minimum absolute atomic E-state index is 0. The highest BCUT2D eigenvalue weighted by atomic mass is 127. The second-order valence-corrected chi connectivity index (χ2v) is 5.63. The van der Waals surface area contributed by atoms with Crippen molar-refractivity contribution in [2.45, 2.75) is 26.3 Å². The van der Waals surface area contributed by atoms with Gasteiger partial charge in [0.05, 0.1) is 10.7 Å². The number of nitrogens with zero attached hydrogens (tertiary/aromatic N) is 3. The zero-order valence-corrected chi connectivity index (χ0v) is 16.2. The standard InChI is InChI=1S/C15H23N5S.HI/c1-3-14-19-13(12-21-14)6-7-17-15(16-2)18-8-11-20-9-4-5-10-20;/h4-5,9-10,12H,3,6-8,11H2,1-2H3,(H2,16,17,18);1H. The van der Waals surface area contributed by atoms with Crippen LogP contribution < -0.4 is 10.6 Å². The number of rotatable bonds is 7. The summed E-state index contributed by atoms with van der Waals surface area (Å²) in [6.45, 7) is 4.76. The Kier molecular flexibility index (Phi) is 9.14. The molecule has 122 valence electrons. The van der Waals surface area contributed by atoms with E-state index in [0.29, 0.717) is 0 Å². The summed E-state index contributed by atoms with van der Waals surface area (Å²) >= 11 is 1.74. The Labute approximate surface area is 153 Å². The van der Waals surface area contributed by atoms with Crippen molar-refractivity contribution in [1.29, 1.82) is 0 Å². The van der Waals surface area contributed by atoms with E-state index in [2.05, 4.69) is 49.9 Å². The molecule has 0 unspecified atom stereocenters. The van der Waals surface area contributed by atoms with Crippen LogP contribution in [0.15, 0.2) is 34.9 Å². The normalized spacial score (nSPS) is 11.1. The molecule has 2 heterocycles. The predicted octanol–water partition coefficient (Wildman–Crippen LogP) is 2.53. The molecule has 0 atom stereocenters. The van der Waals surface area contributed by atoms with E-state index in [9.17, 15) is 0 Å². The maximum atomic E-state index is 4.56. The number of halogens is 1. The largest absolute Gasteiger partial charge is 0.356 e. The molecule has 22 heavy (non-hydrogen) atoms. The van der Waals surface area contributed by atoms with Gasteiger partial charge in [-0.25, -0.2) is 4.98 Å². The average molecular weight is 433 g/mol. The van der Waals surface area contributed by atoms with Gasteiger partial charge in [0.15, 0.2) is 5.96 Å². The van der Waals surface area contributed by atoms with E-state index in [4.69, 9.17) is 0 Å². The molecule has 2 rings (SSSR count). The topological polar surface area (TPSA) is 54.2 Å². The Morgan fingerprint density at radius 2 is 2.00 bits per heavy atom. The number of thiazole rings is 1. The number of hydrogen-bond donors (Lipinski definition) is 2. The second-order valence-electron chi connectivity index (χ2n) is 4.68. The quantitative estimate of drug-likeness (QED) is 0.401. The van der Waals surface area contributed by atoms with Gasteiger partial charge in [-0.05, 0) is 18.6 Å². The van der Waals surface area contributed by atoms with E-state index in [0.717, 1.165) is 44.1 Å². The van der Waals surface area contributed by atoms with Crippen LogP contribution in [0.25, 0.3) is 0 Å². The van der Waals surface area contributed by atoms with Crippen LogP contribution in [-0.4, -0.2) is 35.6 Å². The van der Waals surface area contributed by atoms with Crippen LogP contribution in [-0.2, 0) is 19.4 Å². The SMILES string of the molecule is CCc1nc(CCNC(=NC)NCCn2cccc2)cs1.I. The fourth-order valence-electron chi connectivity index (χ4n) is 1.98. The number of hydrogen-bond acceptors (Lipinski definition) is 3. The molecule has 0 saturated carbocycles. The van der Waals surface area contributed by atoms with Crippen LogP contribution in [0.5, 0.6) is 0 Å². The lowest BCUT2D eigenvalue weighted by atomic mass is 10.3. The van der Waals surface area contributed by atoms with Crippen LogP contribution in [0.1, 0.15) is 17.6 Å². The Hall–Kier alpha value is -1.09.